The van der Waals surface area contributed by atoms with E-state index in [4.69, 9.17) is 5.73 Å². The van der Waals surface area contributed by atoms with E-state index < -0.39 is 23.8 Å². The van der Waals surface area contributed by atoms with Crippen molar-refractivity contribution >= 4 is 34.7 Å². The van der Waals surface area contributed by atoms with Crippen molar-refractivity contribution in [3.05, 3.63) is 42.1 Å². The standard InChI is InChI=1S/C26H38N6O4/c1-17(2)16-32(25(36)31-26(3,4)5)14-8-13-28-23(34)21(15-22(27)33)30-24(35)20-12-11-18-9-6-7-10-19(18)29-20/h6-7,9-12,17,21H,8,13-16H2,1-5H3,(H2,27,33)(H,28,34)(H,30,35)(H,31,36)/t21-/m0/s1. The molecule has 0 aliphatic heterocycles. The molecular weight excluding hydrogens is 460 g/mol. The molecule has 1 heterocycles. The third-order valence-electron chi connectivity index (χ3n) is 5.12. The lowest BCUT2D eigenvalue weighted by Gasteiger charge is -2.29. The van der Waals surface area contributed by atoms with E-state index in [-0.39, 0.29) is 36.1 Å². The highest BCUT2D eigenvalue weighted by Gasteiger charge is 2.24. The maximum Gasteiger partial charge on any atom is 0.317 e. The van der Waals surface area contributed by atoms with E-state index in [9.17, 15) is 19.2 Å². The number of rotatable bonds is 11. The molecule has 5 amide bonds. The predicted octanol–water partition coefficient (Wildman–Crippen LogP) is 2.18. The van der Waals surface area contributed by atoms with Crippen LogP contribution in [0.15, 0.2) is 36.4 Å². The summed E-state index contributed by atoms with van der Waals surface area (Å²) in [4.78, 5) is 55.7. The molecule has 0 fully saturated rings. The highest BCUT2D eigenvalue weighted by atomic mass is 16.2. The maximum absolute atomic E-state index is 12.8. The molecular formula is C26H38N6O4. The molecule has 10 heteroatoms. The number of primary amides is 1. The minimum Gasteiger partial charge on any atom is -0.370 e. The van der Waals surface area contributed by atoms with Gasteiger partial charge in [0, 0.05) is 30.6 Å². The lowest BCUT2D eigenvalue weighted by Crippen LogP contribution is -2.51. The Hall–Kier alpha value is -3.69. The molecule has 0 spiro atoms. The first-order valence-corrected chi connectivity index (χ1v) is 12.2. The van der Waals surface area contributed by atoms with Gasteiger partial charge in [-0.25, -0.2) is 9.78 Å². The molecule has 1 aromatic carbocycles. The monoisotopic (exact) mass is 498 g/mol. The Morgan fingerprint density at radius 1 is 1.06 bits per heavy atom. The summed E-state index contributed by atoms with van der Waals surface area (Å²) in [6.45, 7) is 11.1. The number of para-hydroxylation sites is 1. The summed E-state index contributed by atoms with van der Waals surface area (Å²) in [5.74, 6) is -1.55. The van der Waals surface area contributed by atoms with Crippen molar-refractivity contribution in [2.75, 3.05) is 19.6 Å². The van der Waals surface area contributed by atoms with Gasteiger partial charge in [0.25, 0.3) is 5.91 Å². The number of benzene rings is 1. The maximum atomic E-state index is 12.8. The number of carbonyl (C=O) groups excluding carboxylic acids is 4. The Labute approximate surface area is 212 Å². The Bertz CT molecular complexity index is 1080. The minimum atomic E-state index is -1.14. The second-order valence-corrected chi connectivity index (χ2v) is 10.3. The number of urea groups is 1. The van der Waals surface area contributed by atoms with Crippen LogP contribution in [0.2, 0.25) is 0 Å². The van der Waals surface area contributed by atoms with E-state index in [0.717, 1.165) is 5.39 Å². The predicted molar refractivity (Wildman–Crippen MR) is 139 cm³/mol. The number of amides is 5. The first-order valence-electron chi connectivity index (χ1n) is 12.2. The molecule has 10 nitrogen and oxygen atoms in total. The Morgan fingerprint density at radius 2 is 1.75 bits per heavy atom. The summed E-state index contributed by atoms with van der Waals surface area (Å²) in [5, 5.41) is 9.13. The van der Waals surface area contributed by atoms with Gasteiger partial charge in [0.2, 0.25) is 11.8 Å². The number of nitrogens with two attached hydrogens (primary N) is 1. The zero-order valence-corrected chi connectivity index (χ0v) is 21.8. The molecule has 1 atom stereocenters. The second kappa shape index (κ2) is 12.9. The first-order chi connectivity index (χ1) is 16.9. The van der Waals surface area contributed by atoms with Crippen LogP contribution in [-0.2, 0) is 9.59 Å². The van der Waals surface area contributed by atoms with Crippen molar-refractivity contribution < 1.29 is 19.2 Å². The summed E-state index contributed by atoms with van der Waals surface area (Å²) in [6, 6.07) is 9.36. The Morgan fingerprint density at radius 3 is 2.39 bits per heavy atom. The van der Waals surface area contributed by atoms with Crippen LogP contribution >= 0.6 is 0 Å². The average Bonchev–Trinajstić information content (AvgIpc) is 2.78. The number of pyridine rings is 1. The molecule has 0 radical (unpaired) electrons. The molecule has 0 bridgehead atoms. The first kappa shape index (κ1) is 28.5. The van der Waals surface area contributed by atoms with Crippen LogP contribution in [0.1, 0.15) is 57.9 Å². The highest BCUT2D eigenvalue weighted by Crippen LogP contribution is 2.12. The fourth-order valence-corrected chi connectivity index (χ4v) is 3.56. The van der Waals surface area contributed by atoms with Gasteiger partial charge in [-0.1, -0.05) is 38.1 Å². The van der Waals surface area contributed by atoms with Gasteiger partial charge in [-0.3, -0.25) is 14.4 Å². The summed E-state index contributed by atoms with van der Waals surface area (Å²) < 4.78 is 0. The minimum absolute atomic E-state index is 0.130. The van der Waals surface area contributed by atoms with Gasteiger partial charge >= 0.3 is 6.03 Å². The van der Waals surface area contributed by atoms with Gasteiger partial charge in [-0.05, 0) is 45.2 Å². The number of aromatic nitrogens is 1. The van der Waals surface area contributed by atoms with Gasteiger partial charge in [0.15, 0.2) is 0 Å². The van der Waals surface area contributed by atoms with Crippen LogP contribution in [0.4, 0.5) is 4.79 Å². The molecule has 0 aliphatic carbocycles. The zero-order valence-electron chi connectivity index (χ0n) is 21.8. The van der Waals surface area contributed by atoms with Crippen LogP contribution in [0, 0.1) is 5.92 Å². The van der Waals surface area contributed by atoms with E-state index in [0.29, 0.717) is 25.0 Å². The Balaban J connectivity index is 1.96. The zero-order chi connectivity index (χ0) is 26.9. The van der Waals surface area contributed by atoms with Crippen LogP contribution in [-0.4, -0.2) is 64.9 Å². The molecule has 1 aromatic heterocycles. The normalized spacial score (nSPS) is 12.2. The molecule has 5 N–H and O–H groups in total. The summed E-state index contributed by atoms with van der Waals surface area (Å²) in [7, 11) is 0. The lowest BCUT2D eigenvalue weighted by molar-refractivity contribution is -0.126. The third kappa shape index (κ3) is 9.52. The quantitative estimate of drug-likeness (QED) is 0.351. The molecule has 2 rings (SSSR count). The summed E-state index contributed by atoms with van der Waals surface area (Å²) in [6.07, 6.45) is 0.151. The van der Waals surface area contributed by atoms with Gasteiger partial charge in [0.1, 0.15) is 11.7 Å². The number of hydrogen-bond acceptors (Lipinski definition) is 5. The molecule has 0 saturated carbocycles. The average molecular weight is 499 g/mol. The molecule has 0 saturated heterocycles. The number of nitrogens with zero attached hydrogens (tertiary/aromatic N) is 2. The van der Waals surface area contributed by atoms with Crippen LogP contribution in [0.3, 0.4) is 0 Å². The smallest absolute Gasteiger partial charge is 0.317 e. The fourth-order valence-electron chi connectivity index (χ4n) is 3.56. The number of carbonyl (C=O) groups is 4. The van der Waals surface area contributed by atoms with Crippen molar-refractivity contribution in [3.63, 3.8) is 0 Å². The van der Waals surface area contributed by atoms with E-state index in [2.05, 4.69) is 20.9 Å². The number of hydrogen-bond donors (Lipinski definition) is 4. The third-order valence-corrected chi connectivity index (χ3v) is 5.12. The summed E-state index contributed by atoms with van der Waals surface area (Å²) in [5.41, 5.74) is 5.72. The SMILES string of the molecule is CC(C)CN(CCCNC(=O)[C@H](CC(N)=O)NC(=O)c1ccc2ccccc2n1)C(=O)NC(C)(C)C. The topological polar surface area (TPSA) is 147 Å². The van der Waals surface area contributed by atoms with Crippen LogP contribution < -0.4 is 21.7 Å². The van der Waals surface area contributed by atoms with Crippen molar-refractivity contribution in [2.24, 2.45) is 11.7 Å². The van der Waals surface area contributed by atoms with Crippen LogP contribution in [0.5, 0.6) is 0 Å². The van der Waals surface area contributed by atoms with Crippen molar-refractivity contribution in [1.82, 2.24) is 25.8 Å². The lowest BCUT2D eigenvalue weighted by atomic mass is 10.1. The largest absolute Gasteiger partial charge is 0.370 e. The molecule has 2 aromatic rings. The van der Waals surface area contributed by atoms with Gasteiger partial charge < -0.3 is 26.6 Å². The van der Waals surface area contributed by atoms with E-state index in [1.807, 2.05) is 52.8 Å². The van der Waals surface area contributed by atoms with Crippen molar-refractivity contribution in [2.45, 2.75) is 59.0 Å². The molecule has 0 aliphatic rings. The Kier molecular flexibility index (Phi) is 10.2. The van der Waals surface area contributed by atoms with Gasteiger partial charge in [0.05, 0.1) is 11.9 Å². The van der Waals surface area contributed by atoms with E-state index in [1.165, 1.54) is 0 Å². The van der Waals surface area contributed by atoms with E-state index >= 15 is 0 Å². The second-order valence-electron chi connectivity index (χ2n) is 10.3. The number of fused-ring (bicyclic) bond motifs is 1. The van der Waals surface area contributed by atoms with Crippen LogP contribution in [0.25, 0.3) is 10.9 Å². The highest BCUT2D eigenvalue weighted by molar-refractivity contribution is 5.99. The van der Waals surface area contributed by atoms with Gasteiger partial charge in [-0.15, -0.1) is 0 Å². The molecule has 196 valence electrons. The van der Waals surface area contributed by atoms with Crippen molar-refractivity contribution in [3.8, 4) is 0 Å². The molecule has 36 heavy (non-hydrogen) atoms. The number of nitrogens with one attached hydrogen (secondary N) is 3. The van der Waals surface area contributed by atoms with Crippen molar-refractivity contribution in [1.29, 1.82) is 0 Å². The molecule has 0 unspecified atom stereocenters. The van der Waals surface area contributed by atoms with E-state index in [1.54, 1.807) is 23.1 Å². The van der Waals surface area contributed by atoms with Gasteiger partial charge in [-0.2, -0.15) is 0 Å². The fraction of sp³-hybridized carbons (Fsp3) is 0.500. The summed E-state index contributed by atoms with van der Waals surface area (Å²) >= 11 is 0.